The van der Waals surface area contributed by atoms with Gasteiger partial charge in [0.1, 0.15) is 0 Å². The summed E-state index contributed by atoms with van der Waals surface area (Å²) in [5.74, 6) is 0.344. The van der Waals surface area contributed by atoms with Gasteiger partial charge in [-0.3, -0.25) is 15.0 Å². The van der Waals surface area contributed by atoms with E-state index in [1.165, 1.54) is 37.7 Å². The second-order valence-corrected chi connectivity index (χ2v) is 11.1. The topological polar surface area (TPSA) is 116 Å². The van der Waals surface area contributed by atoms with Crippen LogP contribution in [0, 0.1) is 0 Å². The summed E-state index contributed by atoms with van der Waals surface area (Å²) in [5, 5.41) is 19.0. The van der Waals surface area contributed by atoms with Crippen molar-refractivity contribution >= 4 is 23.6 Å². The minimum Gasteiger partial charge on any atom is -0.334 e. The van der Waals surface area contributed by atoms with E-state index >= 15 is 0 Å². The molecule has 1 fully saturated rings. The highest BCUT2D eigenvalue weighted by Gasteiger charge is 2.20. The van der Waals surface area contributed by atoms with Crippen molar-refractivity contribution in [2.45, 2.75) is 51.1 Å². The zero-order valence-corrected chi connectivity index (χ0v) is 24.4. The van der Waals surface area contributed by atoms with Gasteiger partial charge in [-0.05, 0) is 76.1 Å². The van der Waals surface area contributed by atoms with Crippen LogP contribution in [0.1, 0.15) is 65.1 Å². The van der Waals surface area contributed by atoms with E-state index in [-0.39, 0.29) is 17.9 Å². The fourth-order valence-corrected chi connectivity index (χ4v) is 5.82. The van der Waals surface area contributed by atoms with Gasteiger partial charge in [-0.1, -0.05) is 103 Å². The summed E-state index contributed by atoms with van der Waals surface area (Å²) in [6.07, 6.45) is 6.30. The first-order chi connectivity index (χ1) is 21.6. The number of aromatic nitrogens is 4. The lowest BCUT2D eigenvalue weighted by Gasteiger charge is -2.26. The number of amides is 3. The highest BCUT2D eigenvalue weighted by Crippen LogP contribution is 2.33. The number of carbonyl (C=O) groups excluding carboxylic acids is 2. The Morgan fingerprint density at radius 3 is 2.27 bits per heavy atom. The van der Waals surface area contributed by atoms with Crippen LogP contribution in [0.2, 0.25) is 0 Å². The van der Waals surface area contributed by atoms with Gasteiger partial charge in [-0.25, -0.2) is 4.79 Å². The normalized spacial score (nSPS) is 13.3. The van der Waals surface area contributed by atoms with E-state index < -0.39 is 0 Å². The Morgan fingerprint density at radius 1 is 0.818 bits per heavy atom. The van der Waals surface area contributed by atoms with Gasteiger partial charge in [-0.2, -0.15) is 5.21 Å². The smallest absolute Gasteiger partial charge is 0.322 e. The van der Waals surface area contributed by atoms with Crippen molar-refractivity contribution in [1.82, 2.24) is 25.9 Å². The molecular formula is C35H35N7O2. The average molecular weight is 586 g/mol. The fourth-order valence-electron chi connectivity index (χ4n) is 5.82. The summed E-state index contributed by atoms with van der Waals surface area (Å²) in [5.41, 5.74) is 6.72. The standard InChI is InChI=1S/C35H35N7O2/c43-33(37-34-38-40-41-39-34)29-17-15-25(16-18-29)24-42(31-21-19-27(20-22-31)26-9-3-1-4-10-26)35(44)36-23-30-13-7-8-14-32(30)28-11-5-2-6-12-28/h2,5-8,11-22,26H,1,3-4,9-10,23-24H2,(H,36,44)(H2,37,38,39,40,41,43). The molecule has 0 atom stereocenters. The number of urea groups is 1. The molecule has 0 saturated heterocycles. The zero-order valence-electron chi connectivity index (χ0n) is 24.4. The van der Waals surface area contributed by atoms with Crippen molar-refractivity contribution in [1.29, 1.82) is 0 Å². The second-order valence-electron chi connectivity index (χ2n) is 11.1. The number of anilines is 2. The first-order valence-corrected chi connectivity index (χ1v) is 15.1. The number of aromatic amines is 1. The second kappa shape index (κ2) is 13.8. The Morgan fingerprint density at radius 2 is 1.55 bits per heavy atom. The van der Waals surface area contributed by atoms with E-state index in [1.807, 2.05) is 60.7 Å². The van der Waals surface area contributed by atoms with Crippen LogP contribution in [-0.4, -0.2) is 32.6 Å². The molecule has 0 unspecified atom stereocenters. The third-order valence-corrected chi connectivity index (χ3v) is 8.19. The first-order valence-electron chi connectivity index (χ1n) is 15.1. The molecule has 9 heteroatoms. The van der Waals surface area contributed by atoms with E-state index in [0.29, 0.717) is 24.6 Å². The molecule has 1 heterocycles. The molecule has 3 amide bonds. The molecule has 1 aliphatic carbocycles. The number of rotatable bonds is 9. The summed E-state index contributed by atoms with van der Waals surface area (Å²) in [7, 11) is 0. The van der Waals surface area contributed by atoms with Gasteiger partial charge in [0, 0.05) is 17.8 Å². The molecule has 5 aromatic rings. The van der Waals surface area contributed by atoms with E-state index in [4.69, 9.17) is 0 Å². The van der Waals surface area contributed by atoms with Gasteiger partial charge in [0.05, 0.1) is 6.54 Å². The highest BCUT2D eigenvalue weighted by atomic mass is 16.2. The number of hydrogen-bond donors (Lipinski definition) is 3. The van der Waals surface area contributed by atoms with Crippen molar-refractivity contribution in [2.75, 3.05) is 10.2 Å². The van der Waals surface area contributed by atoms with Crippen molar-refractivity contribution in [3.8, 4) is 11.1 Å². The van der Waals surface area contributed by atoms with Gasteiger partial charge in [0.2, 0.25) is 0 Å². The molecule has 222 valence electrons. The highest BCUT2D eigenvalue weighted by molar-refractivity contribution is 6.03. The van der Waals surface area contributed by atoms with Gasteiger partial charge in [0.25, 0.3) is 11.9 Å². The minimum absolute atomic E-state index is 0.104. The molecule has 3 N–H and O–H groups in total. The van der Waals surface area contributed by atoms with Crippen molar-refractivity contribution in [3.05, 3.63) is 125 Å². The molecule has 1 aromatic heterocycles. The fraction of sp³-hybridized carbons (Fsp3) is 0.229. The van der Waals surface area contributed by atoms with Crippen LogP contribution in [0.15, 0.2) is 103 Å². The Balaban J connectivity index is 1.21. The van der Waals surface area contributed by atoms with Crippen LogP contribution in [0.5, 0.6) is 0 Å². The SMILES string of the molecule is O=C(Nc1nn[nH]n1)c1ccc(CN(C(=O)NCc2ccccc2-c2ccccc2)c2ccc(C3CCCCC3)cc2)cc1. The van der Waals surface area contributed by atoms with Gasteiger partial charge in [-0.15, -0.1) is 5.10 Å². The van der Waals surface area contributed by atoms with E-state index in [1.54, 1.807) is 17.0 Å². The zero-order chi connectivity index (χ0) is 30.1. The van der Waals surface area contributed by atoms with E-state index in [2.05, 4.69) is 61.6 Å². The molecule has 0 aliphatic heterocycles. The molecule has 4 aromatic carbocycles. The molecule has 0 spiro atoms. The maximum Gasteiger partial charge on any atom is 0.322 e. The summed E-state index contributed by atoms with van der Waals surface area (Å²) < 4.78 is 0. The van der Waals surface area contributed by atoms with Crippen LogP contribution in [-0.2, 0) is 13.1 Å². The molecular weight excluding hydrogens is 550 g/mol. The maximum absolute atomic E-state index is 13.8. The molecule has 1 saturated carbocycles. The predicted octanol–water partition coefficient (Wildman–Crippen LogP) is 7.08. The largest absolute Gasteiger partial charge is 0.334 e. The van der Waals surface area contributed by atoms with Gasteiger partial charge in [0.15, 0.2) is 0 Å². The molecule has 44 heavy (non-hydrogen) atoms. The number of nitrogens with one attached hydrogen (secondary N) is 3. The van der Waals surface area contributed by atoms with Crippen LogP contribution in [0.25, 0.3) is 11.1 Å². The van der Waals surface area contributed by atoms with Crippen LogP contribution in [0.3, 0.4) is 0 Å². The molecule has 6 rings (SSSR count). The van der Waals surface area contributed by atoms with Crippen molar-refractivity contribution in [3.63, 3.8) is 0 Å². The Bertz CT molecular complexity index is 1670. The first kappa shape index (κ1) is 28.8. The number of carbonyl (C=O) groups is 2. The van der Waals surface area contributed by atoms with E-state index in [0.717, 1.165) is 27.9 Å². The maximum atomic E-state index is 13.8. The summed E-state index contributed by atoms with van der Waals surface area (Å²) in [6, 6.07) is 33.7. The third kappa shape index (κ3) is 7.00. The monoisotopic (exact) mass is 585 g/mol. The number of nitrogens with zero attached hydrogens (tertiary/aromatic N) is 4. The lowest BCUT2D eigenvalue weighted by atomic mass is 9.84. The molecule has 9 nitrogen and oxygen atoms in total. The van der Waals surface area contributed by atoms with Crippen LogP contribution < -0.4 is 15.5 Å². The number of benzene rings is 4. The molecule has 0 bridgehead atoms. The summed E-state index contributed by atoms with van der Waals surface area (Å²) in [6.45, 7) is 0.720. The average Bonchev–Trinajstić information content (AvgIpc) is 3.60. The van der Waals surface area contributed by atoms with Crippen molar-refractivity contribution < 1.29 is 9.59 Å². The minimum atomic E-state index is -0.345. The van der Waals surface area contributed by atoms with Crippen LogP contribution >= 0.6 is 0 Å². The van der Waals surface area contributed by atoms with Gasteiger partial charge >= 0.3 is 6.03 Å². The molecule has 1 aliphatic rings. The van der Waals surface area contributed by atoms with E-state index in [9.17, 15) is 9.59 Å². The van der Waals surface area contributed by atoms with Gasteiger partial charge < -0.3 is 5.32 Å². The summed E-state index contributed by atoms with van der Waals surface area (Å²) >= 11 is 0. The predicted molar refractivity (Wildman–Crippen MR) is 171 cm³/mol. The van der Waals surface area contributed by atoms with Crippen molar-refractivity contribution in [2.24, 2.45) is 0 Å². The quantitative estimate of drug-likeness (QED) is 0.171. The summed E-state index contributed by atoms with van der Waals surface area (Å²) in [4.78, 5) is 28.2. The number of tetrazole rings is 1. The number of H-pyrrole nitrogens is 1. The number of hydrogen-bond acceptors (Lipinski definition) is 5. The third-order valence-electron chi connectivity index (χ3n) is 8.19. The molecule has 0 radical (unpaired) electrons. The van der Waals surface area contributed by atoms with Crippen LogP contribution in [0.4, 0.5) is 16.4 Å². The Labute approximate surface area is 256 Å². The lowest BCUT2D eigenvalue weighted by molar-refractivity contribution is 0.102. The lowest BCUT2D eigenvalue weighted by Crippen LogP contribution is -2.39. The Kier molecular flexibility index (Phi) is 9.01. The Hall–Kier alpha value is -5.31.